The molecule has 1 heterocycles. The highest BCUT2D eigenvalue weighted by Gasteiger charge is 2.40. The third kappa shape index (κ3) is 23.3. The lowest BCUT2D eigenvalue weighted by atomic mass is 10.00. The Morgan fingerprint density at radius 3 is 1.47 bits per heavy atom. The van der Waals surface area contributed by atoms with Gasteiger partial charge in [0.25, 0.3) is 0 Å². The number of likely N-dealkylation sites (tertiary alicyclic amines) is 1. The molecular weight excluding hydrogens is 859 g/mol. The minimum atomic E-state index is -1.28. The summed E-state index contributed by atoms with van der Waals surface area (Å²) in [5.41, 5.74) is 44.6. The van der Waals surface area contributed by atoms with Gasteiger partial charge >= 0.3 is 5.97 Å². The van der Waals surface area contributed by atoms with E-state index in [9.17, 15) is 38.7 Å². The summed E-state index contributed by atoms with van der Waals surface area (Å²) in [5, 5.41) is 23.3. The molecule has 6 amide bonds. The van der Waals surface area contributed by atoms with Gasteiger partial charge in [-0.3, -0.25) is 43.7 Å². The van der Waals surface area contributed by atoms with Gasteiger partial charge in [-0.15, -0.1) is 0 Å². The van der Waals surface area contributed by atoms with Gasteiger partial charge in [-0.05, 0) is 102 Å². The van der Waals surface area contributed by atoms with Crippen LogP contribution in [0.25, 0.3) is 0 Å². The van der Waals surface area contributed by atoms with E-state index in [-0.39, 0.29) is 114 Å². The minimum Gasteiger partial charge on any atom is -0.480 e. The summed E-state index contributed by atoms with van der Waals surface area (Å²) in [6.45, 7) is 8.40. The van der Waals surface area contributed by atoms with Crippen LogP contribution in [0.2, 0.25) is 0 Å². The molecule has 0 spiro atoms. The Morgan fingerprint density at radius 1 is 0.576 bits per heavy atom. The zero-order chi connectivity index (χ0) is 49.9. The van der Waals surface area contributed by atoms with Crippen molar-refractivity contribution in [3.8, 4) is 0 Å². The number of hydrogen-bond acceptors (Lipinski definition) is 12. The smallest absolute Gasteiger partial charge is 0.326 e. The van der Waals surface area contributed by atoms with Gasteiger partial charge in [0.15, 0.2) is 17.9 Å². The molecule has 22 N–H and O–H groups in total. The molecule has 0 bridgehead atoms. The van der Waals surface area contributed by atoms with E-state index in [1.165, 1.54) is 4.90 Å². The largest absolute Gasteiger partial charge is 0.480 e. The maximum absolute atomic E-state index is 14.4. The van der Waals surface area contributed by atoms with Crippen molar-refractivity contribution in [2.24, 2.45) is 72.7 Å². The molecule has 0 aromatic rings. The summed E-state index contributed by atoms with van der Waals surface area (Å²) in [4.78, 5) is 108. The lowest BCUT2D eigenvalue weighted by Gasteiger charge is -2.31. The summed E-state index contributed by atoms with van der Waals surface area (Å²) in [7, 11) is 0. The lowest BCUT2D eigenvalue weighted by molar-refractivity contribution is -0.143. The van der Waals surface area contributed by atoms with E-state index in [0.29, 0.717) is 32.2 Å². The van der Waals surface area contributed by atoms with Crippen molar-refractivity contribution in [2.45, 2.75) is 153 Å². The highest BCUT2D eigenvalue weighted by molar-refractivity contribution is 5.97. The maximum Gasteiger partial charge on any atom is 0.326 e. The Hall–Kier alpha value is -5.98. The fraction of sp³-hybridized carbons (Fsp3) is 0.756. The summed E-state index contributed by atoms with van der Waals surface area (Å²) in [5.74, 6) is -5.66. The van der Waals surface area contributed by atoms with Gasteiger partial charge in [-0.2, -0.15) is 0 Å². The minimum absolute atomic E-state index is 0.00812. The third-order valence-corrected chi connectivity index (χ3v) is 10.5. The molecule has 0 saturated carbocycles. The zero-order valence-electron chi connectivity index (χ0n) is 39.1. The number of unbranched alkanes of at least 4 members (excludes halogenated alkanes) is 1. The van der Waals surface area contributed by atoms with E-state index >= 15 is 0 Å². The molecule has 1 rings (SSSR count). The Kier molecular flexibility index (Phi) is 27.3. The van der Waals surface area contributed by atoms with Crippen LogP contribution in [0.15, 0.2) is 15.0 Å². The SMILES string of the molecule is CC(C)C[C@H](NC(=O)[C@@H](N)CC(C)C)C(=O)N[C@@H](CCCN=C(N)N)C(=O)N1CCC[C@H]1C(=O)N[C@@H](CCCN=C(N)N)C(=O)N[C@@H](CCCN=C(N)N)C(=O)N[C@@H](CCCCN)C(=O)O. The Bertz CT molecular complexity index is 1660. The van der Waals surface area contributed by atoms with Crippen molar-refractivity contribution >= 4 is 59.3 Å². The first-order chi connectivity index (χ1) is 31.1. The highest BCUT2D eigenvalue weighted by Crippen LogP contribution is 2.21. The van der Waals surface area contributed by atoms with Crippen molar-refractivity contribution in [1.82, 2.24) is 31.5 Å². The number of carboxylic acids is 1. The molecule has 0 aliphatic carbocycles. The van der Waals surface area contributed by atoms with Gasteiger partial charge in [-0.1, -0.05) is 27.7 Å². The van der Waals surface area contributed by atoms with Crippen LogP contribution in [0, 0.1) is 11.8 Å². The predicted molar refractivity (Wildman–Crippen MR) is 252 cm³/mol. The predicted octanol–water partition coefficient (Wildman–Crippen LogP) is -3.80. The number of carbonyl (C=O) groups is 7. The Labute approximate surface area is 387 Å². The Balaban J connectivity index is 3.49. The van der Waals surface area contributed by atoms with Crippen LogP contribution in [-0.2, 0) is 33.6 Å². The highest BCUT2D eigenvalue weighted by atomic mass is 16.4. The molecule has 1 fully saturated rings. The van der Waals surface area contributed by atoms with Crippen molar-refractivity contribution in [2.75, 3.05) is 32.7 Å². The number of nitrogens with two attached hydrogens (primary N) is 8. The van der Waals surface area contributed by atoms with Crippen LogP contribution < -0.4 is 72.5 Å². The normalized spacial score (nSPS) is 16.1. The fourth-order valence-electron chi connectivity index (χ4n) is 7.24. The zero-order valence-corrected chi connectivity index (χ0v) is 39.1. The topological polar surface area (TPSA) is 448 Å². The van der Waals surface area contributed by atoms with Crippen molar-refractivity contribution in [1.29, 1.82) is 0 Å². The number of nitrogens with one attached hydrogen (secondary N) is 5. The molecule has 1 saturated heterocycles. The van der Waals surface area contributed by atoms with E-state index in [2.05, 4.69) is 41.6 Å². The molecule has 1 aliphatic heterocycles. The van der Waals surface area contributed by atoms with Crippen LogP contribution >= 0.6 is 0 Å². The molecule has 0 radical (unpaired) electrons. The van der Waals surface area contributed by atoms with Crippen LogP contribution in [-0.4, -0.2) is 144 Å². The van der Waals surface area contributed by atoms with E-state index in [4.69, 9.17) is 45.9 Å². The molecule has 25 heteroatoms. The van der Waals surface area contributed by atoms with Gasteiger partial charge in [0, 0.05) is 26.2 Å². The number of hydrogen-bond donors (Lipinski definition) is 14. The monoisotopic (exact) mass is 938 g/mol. The number of aliphatic imine (C=N–C) groups is 3. The lowest BCUT2D eigenvalue weighted by Crippen LogP contribution is -2.59. The number of carboxylic acid groups (broad SMARTS) is 1. The molecular formula is C41H79N17O8. The second-order valence-electron chi connectivity index (χ2n) is 17.3. The molecule has 1 aliphatic rings. The summed E-state index contributed by atoms with van der Waals surface area (Å²) in [6.07, 6.45) is 3.04. The third-order valence-electron chi connectivity index (χ3n) is 10.5. The van der Waals surface area contributed by atoms with E-state index in [0.717, 1.165) is 0 Å². The van der Waals surface area contributed by atoms with E-state index in [1.54, 1.807) is 0 Å². The van der Waals surface area contributed by atoms with Gasteiger partial charge in [0.05, 0.1) is 6.04 Å². The molecule has 7 atom stereocenters. The average molecular weight is 938 g/mol. The van der Waals surface area contributed by atoms with Crippen LogP contribution in [0.5, 0.6) is 0 Å². The first-order valence-corrected chi connectivity index (χ1v) is 22.7. The summed E-state index contributed by atoms with van der Waals surface area (Å²) < 4.78 is 0. The van der Waals surface area contributed by atoms with Crippen molar-refractivity contribution in [3.05, 3.63) is 0 Å². The maximum atomic E-state index is 14.4. The summed E-state index contributed by atoms with van der Waals surface area (Å²) in [6, 6.07) is -7.95. The second kappa shape index (κ2) is 31.0. The number of aliphatic carboxylic acids is 1. The first kappa shape index (κ1) is 58.0. The Morgan fingerprint density at radius 2 is 1.00 bits per heavy atom. The number of carbonyl (C=O) groups excluding carboxylic acids is 6. The number of nitrogens with zero attached hydrogens (tertiary/aromatic N) is 4. The molecule has 25 nitrogen and oxygen atoms in total. The van der Waals surface area contributed by atoms with Gasteiger partial charge in [-0.25, -0.2) is 4.79 Å². The number of guanidine groups is 3. The number of amides is 6. The van der Waals surface area contributed by atoms with Gasteiger partial charge in [0.2, 0.25) is 35.4 Å². The van der Waals surface area contributed by atoms with Crippen LogP contribution in [0.1, 0.15) is 111 Å². The van der Waals surface area contributed by atoms with Crippen LogP contribution in [0.3, 0.4) is 0 Å². The molecule has 0 aromatic carbocycles. The quantitative estimate of drug-likeness (QED) is 0.0175. The van der Waals surface area contributed by atoms with Crippen molar-refractivity contribution in [3.63, 3.8) is 0 Å². The fourth-order valence-corrected chi connectivity index (χ4v) is 7.24. The van der Waals surface area contributed by atoms with Gasteiger partial charge in [0.1, 0.15) is 36.3 Å². The van der Waals surface area contributed by atoms with E-state index < -0.39 is 83.7 Å². The second-order valence-corrected chi connectivity index (χ2v) is 17.3. The molecule has 0 aromatic heterocycles. The van der Waals surface area contributed by atoms with Crippen LogP contribution in [0.4, 0.5) is 0 Å². The van der Waals surface area contributed by atoms with Crippen molar-refractivity contribution < 1.29 is 38.7 Å². The molecule has 0 unspecified atom stereocenters. The number of rotatable bonds is 32. The standard InChI is InChI=1S/C41H79N17O8/c1-23(2)21-25(43)32(59)57-30(22-24(3)4)35(62)55-28(14-9-19-52-41(48)49)37(64)58-20-10-15-31(58)36(63)54-27(13-8-18-51-40(46)47)33(60)53-26(12-7-17-50-39(44)45)34(61)56-29(38(65)66)11-5-6-16-42/h23-31H,5-22,42-43H2,1-4H3,(H,53,60)(H,54,63)(H,55,62)(H,56,61)(H,57,59)(H,65,66)(H4,44,45,50)(H4,46,47,51)(H4,48,49,52)/t25-,26-,27-,28-,29-,30-,31-/m0/s1. The molecule has 66 heavy (non-hydrogen) atoms. The first-order valence-electron chi connectivity index (χ1n) is 22.7. The van der Waals surface area contributed by atoms with E-state index in [1.807, 2.05) is 27.7 Å². The van der Waals surface area contributed by atoms with Gasteiger partial charge < -0.3 is 82.5 Å². The summed E-state index contributed by atoms with van der Waals surface area (Å²) >= 11 is 0. The average Bonchev–Trinajstić information content (AvgIpc) is 3.72. The molecule has 376 valence electrons.